The van der Waals surface area contributed by atoms with Crippen LogP contribution in [0.25, 0.3) is 33.7 Å². The van der Waals surface area contributed by atoms with E-state index in [4.69, 9.17) is 23.1 Å². The smallest absolute Gasteiger partial charge is 0.222 e. The largest absolute Gasteiger partial charge is 0.362 e. The van der Waals surface area contributed by atoms with Crippen molar-refractivity contribution in [2.45, 2.75) is 4.90 Å². The number of benzene rings is 3. The van der Waals surface area contributed by atoms with E-state index in [1.165, 1.54) is 16.0 Å². The van der Waals surface area contributed by atoms with E-state index in [1.807, 2.05) is 24.3 Å². The molecule has 0 spiro atoms. The van der Waals surface area contributed by atoms with E-state index >= 15 is 0 Å². The third-order valence-corrected chi connectivity index (χ3v) is 5.60. The highest BCUT2D eigenvalue weighted by Crippen LogP contribution is 2.38. The third-order valence-electron chi connectivity index (χ3n) is 4.72. The number of hydrogen-bond donors (Lipinski definition) is 0. The van der Waals surface area contributed by atoms with Crippen LogP contribution in [-0.4, -0.2) is 0 Å². The topological polar surface area (TPSA) is 104 Å². The standard InChI is InChI=1S/C25H17OS.ClHO4/c1-2-8-18(9-3-1)22-16-20-10-4-6-12-23(20)26-24(22)17-19-14-15-27-25-13-7-5-11-21(19)25;2-1(3,4)5/h1-17H;(H,2,3,4,5)/q+1;/p-1. The van der Waals surface area contributed by atoms with Gasteiger partial charge in [0.1, 0.15) is 0 Å². The van der Waals surface area contributed by atoms with E-state index < -0.39 is 10.2 Å². The summed E-state index contributed by atoms with van der Waals surface area (Å²) in [6, 6.07) is 29.3. The molecule has 5 nitrogen and oxygen atoms in total. The number of hydrogen-bond acceptors (Lipinski definition) is 5. The Morgan fingerprint density at radius 1 is 0.750 bits per heavy atom. The molecule has 0 fully saturated rings. The first-order valence-electron chi connectivity index (χ1n) is 9.56. The number of fused-ring (bicyclic) bond motifs is 2. The van der Waals surface area contributed by atoms with Crippen LogP contribution in [0.4, 0.5) is 0 Å². The minimum atomic E-state index is -4.94. The second-order valence-corrected chi connectivity index (χ2v) is 8.53. The highest BCUT2D eigenvalue weighted by atomic mass is 35.7. The Bertz CT molecular complexity index is 1290. The lowest BCUT2D eigenvalue weighted by Crippen LogP contribution is -2.68. The average Bonchev–Trinajstić information content (AvgIpc) is 2.78. The van der Waals surface area contributed by atoms with Crippen LogP contribution in [0, 0.1) is 10.2 Å². The molecule has 4 aromatic rings. The fourth-order valence-electron chi connectivity index (χ4n) is 3.39. The first-order chi connectivity index (χ1) is 15.4. The zero-order valence-electron chi connectivity index (χ0n) is 16.6. The summed E-state index contributed by atoms with van der Waals surface area (Å²) in [6.07, 6.45) is 4.32. The van der Waals surface area contributed by atoms with Gasteiger partial charge < -0.3 is 0 Å². The Labute approximate surface area is 191 Å². The lowest BCUT2D eigenvalue weighted by molar-refractivity contribution is -2.00. The Kier molecular flexibility index (Phi) is 6.72. The predicted octanol–water partition coefficient (Wildman–Crippen LogP) is 2.78. The van der Waals surface area contributed by atoms with E-state index in [9.17, 15) is 0 Å². The quantitative estimate of drug-likeness (QED) is 0.422. The molecule has 160 valence electrons. The van der Waals surface area contributed by atoms with Crippen molar-refractivity contribution in [3.05, 3.63) is 108 Å². The van der Waals surface area contributed by atoms with Gasteiger partial charge in [-0.25, -0.2) is 23.1 Å². The van der Waals surface area contributed by atoms with Gasteiger partial charge in [-0.2, -0.15) is 0 Å². The molecule has 1 aliphatic rings. The zero-order chi connectivity index (χ0) is 22.6. The van der Waals surface area contributed by atoms with Crippen molar-refractivity contribution in [2.24, 2.45) is 0 Å². The fourth-order valence-corrected chi connectivity index (χ4v) is 4.22. The predicted molar refractivity (Wildman–Crippen MR) is 115 cm³/mol. The van der Waals surface area contributed by atoms with Crippen LogP contribution in [0.5, 0.6) is 0 Å². The molecule has 5 rings (SSSR count). The summed E-state index contributed by atoms with van der Waals surface area (Å²) < 4.78 is 40.3. The van der Waals surface area contributed by atoms with Gasteiger partial charge in [-0.1, -0.05) is 72.4 Å². The number of halogens is 1. The molecule has 0 atom stereocenters. The van der Waals surface area contributed by atoms with Crippen molar-refractivity contribution in [1.82, 2.24) is 0 Å². The molecular weight excluding hydrogens is 448 g/mol. The van der Waals surface area contributed by atoms with Gasteiger partial charge in [-0.3, -0.25) is 0 Å². The molecule has 0 amide bonds. The molecule has 0 unspecified atom stereocenters. The van der Waals surface area contributed by atoms with Crippen LogP contribution in [0.2, 0.25) is 0 Å². The number of allylic oxidation sites excluding steroid dienone is 2. The van der Waals surface area contributed by atoms with Crippen molar-refractivity contribution in [2.75, 3.05) is 0 Å². The fraction of sp³-hybridized carbons (Fsp3) is 0. The van der Waals surface area contributed by atoms with Gasteiger partial charge in [-0.05, 0) is 46.4 Å². The zero-order valence-corrected chi connectivity index (χ0v) is 18.2. The number of rotatable bonds is 2. The van der Waals surface area contributed by atoms with Crippen LogP contribution in [0.3, 0.4) is 0 Å². The maximum Gasteiger partial charge on any atom is 0.362 e. The van der Waals surface area contributed by atoms with Crippen LogP contribution in [0.1, 0.15) is 11.3 Å². The lowest BCUT2D eigenvalue weighted by Gasteiger charge is -2.17. The Morgan fingerprint density at radius 3 is 2.19 bits per heavy atom. The van der Waals surface area contributed by atoms with Crippen LogP contribution >= 0.6 is 11.8 Å². The summed E-state index contributed by atoms with van der Waals surface area (Å²) in [7, 11) is -4.94. The maximum atomic E-state index is 8.49. The second-order valence-electron chi connectivity index (χ2n) is 6.82. The molecule has 7 heteroatoms. The van der Waals surface area contributed by atoms with Crippen molar-refractivity contribution < 1.29 is 33.3 Å². The Morgan fingerprint density at radius 2 is 1.41 bits per heavy atom. The minimum Gasteiger partial charge on any atom is -0.222 e. The summed E-state index contributed by atoms with van der Waals surface area (Å²) in [5, 5.41) is 3.24. The van der Waals surface area contributed by atoms with Gasteiger partial charge in [0.2, 0.25) is 0 Å². The van der Waals surface area contributed by atoms with Gasteiger partial charge >= 0.3 is 11.3 Å². The summed E-state index contributed by atoms with van der Waals surface area (Å²) in [6.45, 7) is 0. The molecule has 1 aliphatic heterocycles. The van der Waals surface area contributed by atoms with Crippen LogP contribution in [-0.2, 0) is 0 Å². The Hall–Kier alpha value is -2.97. The van der Waals surface area contributed by atoms with Gasteiger partial charge in [0, 0.05) is 11.0 Å². The summed E-state index contributed by atoms with van der Waals surface area (Å²) >= 11 is 1.75. The summed E-state index contributed by atoms with van der Waals surface area (Å²) in [5.74, 6) is 0.876. The molecule has 0 radical (unpaired) electrons. The van der Waals surface area contributed by atoms with E-state index in [0.29, 0.717) is 0 Å². The summed E-state index contributed by atoms with van der Waals surface area (Å²) in [4.78, 5) is 1.27. The average molecular weight is 465 g/mol. The monoisotopic (exact) mass is 464 g/mol. The van der Waals surface area contributed by atoms with Crippen LogP contribution < -0.4 is 18.6 Å². The van der Waals surface area contributed by atoms with E-state index in [-0.39, 0.29) is 0 Å². The first kappa shape index (κ1) is 22.2. The molecule has 0 N–H and O–H groups in total. The van der Waals surface area contributed by atoms with Gasteiger partial charge in [0.05, 0.1) is 17.0 Å². The van der Waals surface area contributed by atoms with Crippen LogP contribution in [0.15, 0.2) is 106 Å². The van der Waals surface area contributed by atoms with Crippen molar-refractivity contribution in [3.8, 4) is 11.1 Å². The lowest BCUT2D eigenvalue weighted by atomic mass is 9.99. The third kappa shape index (κ3) is 5.63. The first-order valence-corrected chi connectivity index (χ1v) is 11.7. The van der Waals surface area contributed by atoms with Crippen molar-refractivity contribution in [1.29, 1.82) is 0 Å². The maximum absolute atomic E-state index is 8.49. The molecule has 0 saturated heterocycles. The van der Waals surface area contributed by atoms with E-state index in [0.717, 1.165) is 27.9 Å². The van der Waals surface area contributed by atoms with Gasteiger partial charge in [0.25, 0.3) is 0 Å². The highest BCUT2D eigenvalue weighted by molar-refractivity contribution is 8.02. The molecule has 0 saturated carbocycles. The number of thioether (sulfide) groups is 1. The second kappa shape index (κ2) is 9.67. The summed E-state index contributed by atoms with van der Waals surface area (Å²) in [5.41, 5.74) is 5.56. The minimum absolute atomic E-state index is 0.876. The molecular formula is C25H17ClO5S. The van der Waals surface area contributed by atoms with Gasteiger partial charge in [-0.15, -0.1) is 10.2 Å². The molecule has 1 aromatic heterocycles. The number of para-hydroxylation sites is 1. The normalized spacial score (nSPS) is 14.1. The molecule has 2 heterocycles. The molecule has 32 heavy (non-hydrogen) atoms. The molecule has 3 aromatic carbocycles. The van der Waals surface area contributed by atoms with E-state index in [2.05, 4.69) is 78.2 Å². The van der Waals surface area contributed by atoms with Crippen molar-refractivity contribution in [3.63, 3.8) is 0 Å². The Balaban J connectivity index is 0.000000444. The van der Waals surface area contributed by atoms with E-state index in [1.54, 1.807) is 11.8 Å². The molecule has 0 bridgehead atoms. The van der Waals surface area contributed by atoms with Gasteiger partial charge in [0.15, 0.2) is 0 Å². The highest BCUT2D eigenvalue weighted by Gasteiger charge is 2.20. The molecule has 0 aliphatic carbocycles. The van der Waals surface area contributed by atoms with Crippen molar-refractivity contribution >= 4 is 34.4 Å². The SMILES string of the molecule is C1=CC(=Cc2[o+]c3ccccc3cc2-c2ccccc2)c2ccccc2S1.[O-][Cl+3]([O-])([O-])[O-].